The van der Waals surface area contributed by atoms with Crippen molar-refractivity contribution < 1.29 is 42.0 Å². The molecule has 0 aromatic rings. The summed E-state index contributed by atoms with van der Waals surface area (Å²) in [5.41, 5.74) is -8.58. The second kappa shape index (κ2) is 16.3. The zero-order chi connectivity index (χ0) is 49.9. The average molecular weight is 863 g/mol. The van der Waals surface area contributed by atoms with Gasteiger partial charge < -0.3 is 20.9 Å². The van der Waals surface area contributed by atoms with Crippen molar-refractivity contribution in [1.29, 1.82) is 0 Å². The Morgan fingerprint density at radius 1 is 0.833 bits per heavy atom. The SMILES string of the molecule is [2H]C1N(C(=O)[C@@H](NC(=O)[C@@H](NC(=O)[C@@H]2CCCCN2C(C)C)C2CCCCC2)C(C)(C)C)[C@H](C(=O)N[C@]2(C(=O)NS(=O)(=O)N3CCCC3)C[C@H]2C=C)C[C@]12C(C)(C)C21C([2H])([2H])C([2H])([2H])C1([2H])[2H]. The Morgan fingerprint density at radius 2 is 1.47 bits per heavy atom. The number of nitrogens with one attached hydrogen (secondary N) is 4. The number of nitrogens with zero attached hydrogens (tertiary/aromatic N) is 3. The number of carbonyl (C=O) groups is 5. The van der Waals surface area contributed by atoms with Gasteiger partial charge >= 0.3 is 10.2 Å². The Hall–Kier alpha value is -3.04. The van der Waals surface area contributed by atoms with E-state index in [2.05, 4.69) is 32.2 Å². The van der Waals surface area contributed by atoms with Gasteiger partial charge in [0.1, 0.15) is 23.7 Å². The van der Waals surface area contributed by atoms with Crippen LogP contribution in [0.3, 0.4) is 0 Å². The molecule has 4 aliphatic carbocycles. The average Bonchev–Trinajstić information content (AvgIpc) is 3.79. The van der Waals surface area contributed by atoms with E-state index >= 15 is 9.59 Å². The number of likely N-dealkylation sites (tertiary alicyclic amines) is 2. The molecule has 15 heteroatoms. The van der Waals surface area contributed by atoms with Crippen LogP contribution in [0, 0.1) is 33.5 Å². The van der Waals surface area contributed by atoms with Gasteiger partial charge in [-0.25, -0.2) is 4.72 Å². The Balaban J connectivity index is 1.25. The first-order valence-electron chi connectivity index (χ1n) is 25.8. The number of fused-ring (bicyclic) bond motifs is 1. The van der Waals surface area contributed by atoms with Crippen molar-refractivity contribution in [2.24, 2.45) is 33.5 Å². The highest BCUT2D eigenvalue weighted by Crippen LogP contribution is 2.88. The van der Waals surface area contributed by atoms with E-state index in [1.165, 1.54) is 19.9 Å². The molecule has 4 saturated carbocycles. The van der Waals surface area contributed by atoms with Crippen molar-refractivity contribution in [2.45, 2.75) is 180 Å². The van der Waals surface area contributed by atoms with Crippen LogP contribution in [-0.2, 0) is 34.2 Å². The number of hydrogen-bond donors (Lipinski definition) is 4. The first kappa shape index (κ1) is 36.4. The molecular weight excluding hydrogens is 783 g/mol. The molecule has 5 amide bonds. The van der Waals surface area contributed by atoms with E-state index in [0.29, 0.717) is 32.1 Å². The van der Waals surface area contributed by atoms with Crippen molar-refractivity contribution >= 4 is 39.7 Å². The van der Waals surface area contributed by atoms with Crippen LogP contribution in [0.5, 0.6) is 0 Å². The molecule has 1 unspecified atom stereocenters. The van der Waals surface area contributed by atoms with Crippen LogP contribution in [0.1, 0.15) is 154 Å². The largest absolute Gasteiger partial charge is 0.343 e. The minimum atomic E-state index is -4.30. The fourth-order valence-corrected chi connectivity index (χ4v) is 12.4. The van der Waals surface area contributed by atoms with E-state index in [0.717, 1.165) is 47.9 Å². The summed E-state index contributed by atoms with van der Waals surface area (Å²) in [4.78, 5) is 76.7. The Bertz CT molecular complexity index is 2130. The standard InChI is InChI=1S/C45H73N7O7S/c1-9-31-26-45(31,40(57)49-60(58,59)50-23-15-16-24-50)48-37(54)33-27-44(42(7,8)43(44)21-17-22-43)28-52(33)39(56)35(41(4,5)6)47-38(55)34(30-18-11-10-12-19-30)46-36(53)32-20-13-14-25-51(32)29(2)3/h9,29-35H,1,10-28H2,2-8H3,(H,46,53)(H,47,55)(H,48,54)(H,49,57)/t31-,32+,33+,34+,35-,44-,45-/m1/s1/i17D2,21D2,22D2,28D/t28?,31-,32+,33+,34+,35-,44-,45-. The van der Waals surface area contributed by atoms with Crippen molar-refractivity contribution in [3.8, 4) is 0 Å². The van der Waals surface area contributed by atoms with Gasteiger partial charge in [0.05, 0.1) is 7.41 Å². The first-order valence-corrected chi connectivity index (χ1v) is 23.7. The van der Waals surface area contributed by atoms with Gasteiger partial charge in [0.15, 0.2) is 0 Å². The van der Waals surface area contributed by atoms with E-state index in [1.807, 2.05) is 13.8 Å². The van der Waals surface area contributed by atoms with Gasteiger partial charge in [-0.1, -0.05) is 72.8 Å². The lowest BCUT2D eigenvalue weighted by atomic mass is 9.73. The Kier molecular flexibility index (Phi) is 9.88. The normalized spacial score (nSPS) is 38.0. The molecule has 336 valence electrons. The minimum absolute atomic E-state index is 0.0504. The smallest absolute Gasteiger partial charge is 0.303 e. The zero-order valence-electron chi connectivity index (χ0n) is 43.6. The van der Waals surface area contributed by atoms with Crippen LogP contribution in [0.4, 0.5) is 0 Å². The summed E-state index contributed by atoms with van der Waals surface area (Å²) in [7, 11) is -4.30. The van der Waals surface area contributed by atoms with Gasteiger partial charge in [0.25, 0.3) is 5.91 Å². The van der Waals surface area contributed by atoms with Crippen LogP contribution in [0.25, 0.3) is 0 Å². The highest BCUT2D eigenvalue weighted by Gasteiger charge is 2.85. The second-order valence-corrected chi connectivity index (χ2v) is 22.1. The zero-order valence-corrected chi connectivity index (χ0v) is 37.4. The van der Waals surface area contributed by atoms with Crippen molar-refractivity contribution in [3.05, 3.63) is 12.7 Å². The molecule has 3 aliphatic heterocycles. The lowest BCUT2D eigenvalue weighted by molar-refractivity contribution is -0.145. The van der Waals surface area contributed by atoms with Crippen LogP contribution in [-0.4, -0.2) is 114 Å². The summed E-state index contributed by atoms with van der Waals surface area (Å²) < 4.78 is 93.4. The second-order valence-electron chi connectivity index (χ2n) is 20.4. The summed E-state index contributed by atoms with van der Waals surface area (Å²) in [5.74, 6) is -4.84. The predicted octanol–water partition coefficient (Wildman–Crippen LogP) is 4.16. The highest BCUT2D eigenvalue weighted by atomic mass is 32.2. The van der Waals surface area contributed by atoms with Crippen molar-refractivity contribution in [3.63, 3.8) is 0 Å². The molecule has 2 spiro atoms. The van der Waals surface area contributed by atoms with Crippen molar-refractivity contribution in [2.75, 3.05) is 26.2 Å². The Labute approximate surface area is 368 Å². The van der Waals surface area contributed by atoms with Crippen molar-refractivity contribution in [1.82, 2.24) is 34.8 Å². The maximum absolute atomic E-state index is 15.6. The molecule has 3 saturated heterocycles. The summed E-state index contributed by atoms with van der Waals surface area (Å²) in [6.07, 6.45) is -0.349. The lowest BCUT2D eigenvalue weighted by Crippen LogP contribution is -2.63. The van der Waals surface area contributed by atoms with Gasteiger partial charge in [-0.15, -0.1) is 6.58 Å². The van der Waals surface area contributed by atoms with E-state index in [4.69, 9.17) is 8.22 Å². The number of piperidine rings is 1. The molecule has 7 aliphatic rings. The number of hydrogen-bond acceptors (Lipinski definition) is 8. The fraction of sp³-hybridized carbons (Fsp3) is 0.844. The predicted molar refractivity (Wildman–Crippen MR) is 229 cm³/mol. The number of amides is 5. The quantitative estimate of drug-likeness (QED) is 0.200. The molecular formula is C45H73N7O7S. The maximum Gasteiger partial charge on any atom is 0.303 e. The first-order chi connectivity index (χ1) is 30.9. The molecule has 60 heavy (non-hydrogen) atoms. The Morgan fingerprint density at radius 3 is 2.07 bits per heavy atom. The van der Waals surface area contributed by atoms with Gasteiger partial charge in [-0.3, -0.25) is 28.9 Å². The number of carbonyl (C=O) groups excluding carboxylic acids is 5. The van der Waals surface area contributed by atoms with E-state index < -0.39 is 123 Å². The van der Waals surface area contributed by atoms with Crippen LogP contribution >= 0.6 is 0 Å². The number of rotatable bonds is 13. The molecule has 0 aromatic carbocycles. The molecule has 3 heterocycles. The monoisotopic (exact) mass is 863 g/mol. The molecule has 4 N–H and O–H groups in total. The fourth-order valence-electron chi connectivity index (χ4n) is 11.1. The highest BCUT2D eigenvalue weighted by molar-refractivity contribution is 7.87. The summed E-state index contributed by atoms with van der Waals surface area (Å²) in [6, 6.07) is -4.56. The summed E-state index contributed by atoms with van der Waals surface area (Å²) >= 11 is 0. The molecule has 0 radical (unpaired) electrons. The summed E-state index contributed by atoms with van der Waals surface area (Å²) in [6.45, 7) is 15.2. The van der Waals surface area contributed by atoms with E-state index in [-0.39, 0.29) is 37.4 Å². The lowest BCUT2D eigenvalue weighted by Gasteiger charge is -2.40. The molecule has 7 rings (SSSR count). The minimum Gasteiger partial charge on any atom is -0.343 e. The molecule has 14 nitrogen and oxygen atoms in total. The van der Waals surface area contributed by atoms with Crippen LogP contribution in [0.15, 0.2) is 12.7 Å². The molecule has 7 fully saturated rings. The third-order valence-corrected chi connectivity index (χ3v) is 16.7. The molecule has 0 aromatic heterocycles. The van der Waals surface area contributed by atoms with Gasteiger partial charge in [0.2, 0.25) is 23.6 Å². The van der Waals surface area contributed by atoms with Crippen LogP contribution < -0.4 is 20.7 Å². The topological polar surface area (TPSA) is 177 Å². The third kappa shape index (κ3) is 7.62. The van der Waals surface area contributed by atoms with E-state index in [1.54, 1.807) is 20.8 Å². The van der Waals surface area contributed by atoms with Gasteiger partial charge in [-0.2, -0.15) is 12.7 Å². The van der Waals surface area contributed by atoms with Gasteiger partial charge in [-0.05, 0) is 107 Å². The summed E-state index contributed by atoms with van der Waals surface area (Å²) in [5, 5.41) is 8.72. The molecule has 8 atom stereocenters. The molecule has 0 bridgehead atoms. The maximum atomic E-state index is 15.6. The van der Waals surface area contributed by atoms with Crippen LogP contribution in [0.2, 0.25) is 0 Å². The third-order valence-electron chi connectivity index (χ3n) is 15.2. The van der Waals surface area contributed by atoms with Gasteiger partial charge in [0, 0.05) is 45.2 Å². The van der Waals surface area contributed by atoms with E-state index in [9.17, 15) is 24.2 Å².